The molecule has 3 heterocycles. The van der Waals surface area contributed by atoms with Crippen LogP contribution in [0.5, 0.6) is 0 Å². The molecule has 0 bridgehead atoms. The van der Waals surface area contributed by atoms with Gasteiger partial charge >= 0.3 is 0 Å². The van der Waals surface area contributed by atoms with E-state index in [4.69, 9.17) is 9.97 Å². The molecule has 0 saturated carbocycles. The van der Waals surface area contributed by atoms with Crippen LogP contribution in [0.25, 0.3) is 27.6 Å². The van der Waals surface area contributed by atoms with E-state index < -0.39 is 0 Å². The van der Waals surface area contributed by atoms with E-state index in [0.717, 1.165) is 33.3 Å². The predicted molar refractivity (Wildman–Crippen MR) is 86.7 cm³/mol. The Morgan fingerprint density at radius 1 is 0.857 bits per heavy atom. The van der Waals surface area contributed by atoms with Crippen molar-refractivity contribution in [3.05, 3.63) is 54.4 Å². The Balaban J connectivity index is 2.10. The second-order valence-electron chi connectivity index (χ2n) is 6.49. The largest absolute Gasteiger partial charge is 0.299 e. The van der Waals surface area contributed by atoms with Crippen LogP contribution in [0, 0.1) is 0 Å². The van der Waals surface area contributed by atoms with E-state index in [9.17, 15) is 0 Å². The summed E-state index contributed by atoms with van der Waals surface area (Å²) in [7, 11) is 0. The maximum atomic E-state index is 4.81. The van der Waals surface area contributed by atoms with Crippen molar-refractivity contribution >= 4 is 27.6 Å². The maximum absolute atomic E-state index is 4.81. The van der Waals surface area contributed by atoms with E-state index in [-0.39, 0.29) is 5.41 Å². The molecule has 21 heavy (non-hydrogen) atoms. The number of nitrogens with zero attached hydrogens (tertiary/aromatic N) is 3. The molecule has 0 atom stereocenters. The number of pyridine rings is 2. The number of hydrogen-bond donors (Lipinski definition) is 0. The fourth-order valence-corrected chi connectivity index (χ4v) is 2.74. The maximum Gasteiger partial charge on any atom is 0.147 e. The van der Waals surface area contributed by atoms with E-state index in [1.165, 1.54) is 0 Å². The molecule has 0 N–H and O–H groups in total. The van der Waals surface area contributed by atoms with Crippen LogP contribution in [-0.4, -0.2) is 14.4 Å². The summed E-state index contributed by atoms with van der Waals surface area (Å²) in [4.78, 5) is 9.57. The molecular weight excluding hydrogens is 258 g/mol. The minimum atomic E-state index is 0.0560. The van der Waals surface area contributed by atoms with E-state index in [0.29, 0.717) is 0 Å². The third-order valence-electron chi connectivity index (χ3n) is 3.91. The van der Waals surface area contributed by atoms with Gasteiger partial charge < -0.3 is 0 Å². The monoisotopic (exact) mass is 275 g/mol. The van der Waals surface area contributed by atoms with Gasteiger partial charge in [-0.3, -0.25) is 9.38 Å². The normalized spacial score (nSPS) is 12.5. The third kappa shape index (κ3) is 1.81. The first-order valence-electron chi connectivity index (χ1n) is 7.21. The molecule has 1 aromatic carbocycles. The van der Waals surface area contributed by atoms with Crippen molar-refractivity contribution in [2.24, 2.45) is 0 Å². The van der Waals surface area contributed by atoms with Gasteiger partial charge in [0.2, 0.25) is 0 Å². The molecule has 3 nitrogen and oxygen atoms in total. The minimum Gasteiger partial charge on any atom is -0.299 e. The molecule has 0 amide bonds. The molecule has 104 valence electrons. The molecule has 0 fully saturated rings. The second kappa shape index (κ2) is 4.04. The van der Waals surface area contributed by atoms with E-state index in [2.05, 4.69) is 55.6 Å². The van der Waals surface area contributed by atoms with Gasteiger partial charge in [0.25, 0.3) is 0 Å². The zero-order chi connectivity index (χ0) is 14.6. The van der Waals surface area contributed by atoms with Crippen LogP contribution in [-0.2, 0) is 5.41 Å². The summed E-state index contributed by atoms with van der Waals surface area (Å²) in [5.74, 6) is 0. The van der Waals surface area contributed by atoms with Crippen molar-refractivity contribution in [3.63, 3.8) is 0 Å². The fourth-order valence-electron chi connectivity index (χ4n) is 2.74. The SMILES string of the molecule is CC(C)(C)c1ccc2c(ccn3c4ccccc4nc23)n1. The number of para-hydroxylation sites is 2. The van der Waals surface area contributed by atoms with Crippen molar-refractivity contribution in [2.75, 3.05) is 0 Å². The van der Waals surface area contributed by atoms with Crippen molar-refractivity contribution in [2.45, 2.75) is 26.2 Å². The second-order valence-corrected chi connectivity index (χ2v) is 6.49. The predicted octanol–water partition coefficient (Wildman–Crippen LogP) is 4.33. The number of hydrogen-bond acceptors (Lipinski definition) is 2. The Labute approximate surface area is 123 Å². The minimum absolute atomic E-state index is 0.0560. The summed E-state index contributed by atoms with van der Waals surface area (Å²) in [5, 5.41) is 1.10. The van der Waals surface area contributed by atoms with Crippen LogP contribution in [0.15, 0.2) is 48.7 Å². The van der Waals surface area contributed by atoms with Gasteiger partial charge in [-0.25, -0.2) is 4.98 Å². The highest BCUT2D eigenvalue weighted by atomic mass is 15.0. The van der Waals surface area contributed by atoms with Crippen LogP contribution in [0.4, 0.5) is 0 Å². The highest BCUT2D eigenvalue weighted by Crippen LogP contribution is 2.26. The summed E-state index contributed by atoms with van der Waals surface area (Å²) in [5.41, 5.74) is 5.29. The van der Waals surface area contributed by atoms with Gasteiger partial charge in [0.05, 0.1) is 16.6 Å². The van der Waals surface area contributed by atoms with Gasteiger partial charge in [0.15, 0.2) is 0 Å². The molecule has 4 aromatic rings. The van der Waals surface area contributed by atoms with Gasteiger partial charge in [-0.2, -0.15) is 0 Å². The number of imidazole rings is 1. The van der Waals surface area contributed by atoms with E-state index >= 15 is 0 Å². The molecular formula is C18H17N3. The lowest BCUT2D eigenvalue weighted by molar-refractivity contribution is 0.571. The van der Waals surface area contributed by atoms with E-state index in [1.54, 1.807) is 0 Å². The standard InChI is InChI=1S/C18H17N3/c1-18(2,3)16-9-8-12-13(19-16)10-11-21-15-7-5-4-6-14(15)20-17(12)21/h4-11H,1-3H3. The van der Waals surface area contributed by atoms with Crippen molar-refractivity contribution in [1.29, 1.82) is 0 Å². The Morgan fingerprint density at radius 3 is 2.48 bits per heavy atom. The molecule has 0 unspecified atom stereocenters. The summed E-state index contributed by atoms with van der Waals surface area (Å²) in [6, 6.07) is 14.5. The first-order valence-corrected chi connectivity index (χ1v) is 7.21. The van der Waals surface area contributed by atoms with Gasteiger partial charge in [0, 0.05) is 22.7 Å². The summed E-state index contributed by atoms with van der Waals surface area (Å²) >= 11 is 0. The van der Waals surface area contributed by atoms with Crippen LogP contribution < -0.4 is 0 Å². The Hall–Kier alpha value is -2.42. The van der Waals surface area contributed by atoms with Crippen LogP contribution in [0.3, 0.4) is 0 Å². The van der Waals surface area contributed by atoms with Gasteiger partial charge in [-0.15, -0.1) is 0 Å². The number of fused-ring (bicyclic) bond motifs is 5. The molecule has 0 aliphatic heterocycles. The summed E-state index contributed by atoms with van der Waals surface area (Å²) in [6.07, 6.45) is 2.06. The summed E-state index contributed by atoms with van der Waals surface area (Å²) < 4.78 is 2.14. The number of benzene rings is 1. The highest BCUT2D eigenvalue weighted by Gasteiger charge is 2.16. The molecule has 0 saturated heterocycles. The van der Waals surface area contributed by atoms with Crippen molar-refractivity contribution < 1.29 is 0 Å². The van der Waals surface area contributed by atoms with Crippen LogP contribution >= 0.6 is 0 Å². The number of rotatable bonds is 0. The lowest BCUT2D eigenvalue weighted by atomic mass is 9.91. The number of aromatic nitrogens is 3. The first-order chi connectivity index (χ1) is 10.0. The van der Waals surface area contributed by atoms with Gasteiger partial charge in [0.1, 0.15) is 5.65 Å². The molecule has 0 radical (unpaired) electrons. The van der Waals surface area contributed by atoms with Crippen LogP contribution in [0.2, 0.25) is 0 Å². The van der Waals surface area contributed by atoms with Crippen molar-refractivity contribution in [3.8, 4) is 0 Å². The zero-order valence-electron chi connectivity index (χ0n) is 12.5. The third-order valence-corrected chi connectivity index (χ3v) is 3.91. The van der Waals surface area contributed by atoms with Gasteiger partial charge in [-0.1, -0.05) is 32.9 Å². The van der Waals surface area contributed by atoms with E-state index in [1.807, 2.05) is 18.2 Å². The highest BCUT2D eigenvalue weighted by molar-refractivity contribution is 5.96. The molecule has 0 spiro atoms. The fraction of sp³-hybridized carbons (Fsp3) is 0.222. The smallest absolute Gasteiger partial charge is 0.147 e. The van der Waals surface area contributed by atoms with Crippen LogP contribution in [0.1, 0.15) is 26.5 Å². The average molecular weight is 275 g/mol. The Kier molecular flexibility index (Phi) is 2.37. The zero-order valence-corrected chi connectivity index (χ0v) is 12.5. The Morgan fingerprint density at radius 2 is 1.67 bits per heavy atom. The average Bonchev–Trinajstić information content (AvgIpc) is 2.84. The first kappa shape index (κ1) is 12.3. The molecule has 4 rings (SSSR count). The molecule has 0 aliphatic rings. The molecule has 0 aliphatic carbocycles. The topological polar surface area (TPSA) is 30.2 Å². The van der Waals surface area contributed by atoms with Gasteiger partial charge in [-0.05, 0) is 30.3 Å². The lowest BCUT2D eigenvalue weighted by Crippen LogP contribution is -2.13. The van der Waals surface area contributed by atoms with Crippen molar-refractivity contribution in [1.82, 2.24) is 14.4 Å². The summed E-state index contributed by atoms with van der Waals surface area (Å²) in [6.45, 7) is 6.55. The molecule has 3 heteroatoms. The molecule has 3 aromatic heterocycles. The quantitative estimate of drug-likeness (QED) is 0.478. The lowest BCUT2D eigenvalue weighted by Gasteiger charge is -2.18. The Bertz CT molecular complexity index is 974.